The van der Waals surface area contributed by atoms with E-state index in [1.54, 1.807) is 38.2 Å². The van der Waals surface area contributed by atoms with Gasteiger partial charge in [0.05, 0.1) is 12.2 Å². The summed E-state index contributed by atoms with van der Waals surface area (Å²) in [5.74, 6) is -0.842. The van der Waals surface area contributed by atoms with Gasteiger partial charge in [-0.2, -0.15) is 5.26 Å². The molecule has 0 radical (unpaired) electrons. The minimum atomic E-state index is -0.756. The Morgan fingerprint density at radius 3 is 2.64 bits per heavy atom. The largest absolute Gasteiger partial charge is 0.462 e. The maximum atomic E-state index is 13.0. The van der Waals surface area contributed by atoms with Gasteiger partial charge in [0.2, 0.25) is 0 Å². The van der Waals surface area contributed by atoms with E-state index in [-0.39, 0.29) is 28.3 Å². The van der Waals surface area contributed by atoms with E-state index >= 15 is 0 Å². The lowest BCUT2D eigenvalue weighted by molar-refractivity contribution is -0.136. The van der Waals surface area contributed by atoms with Crippen LogP contribution in [-0.4, -0.2) is 72.1 Å². The highest BCUT2D eigenvalue weighted by Crippen LogP contribution is 2.23. The van der Waals surface area contributed by atoms with Crippen molar-refractivity contribution >= 4 is 51.6 Å². The molecule has 0 aliphatic rings. The summed E-state index contributed by atoms with van der Waals surface area (Å²) in [6.07, 6.45) is 3.24. The first-order valence-corrected chi connectivity index (χ1v) is 12.3. The number of H-pyrrole nitrogens is 1. The molecular formula is C25H30N6O4S. The molecule has 2 aromatic heterocycles. The van der Waals surface area contributed by atoms with Crippen molar-refractivity contribution in [3.8, 4) is 6.07 Å². The van der Waals surface area contributed by atoms with Crippen LogP contribution in [0, 0.1) is 11.3 Å². The molecule has 1 amide bonds. The number of likely N-dealkylation sites (N-methyl/N-ethyl adjacent to an activating group) is 2. The third-order valence-electron chi connectivity index (χ3n) is 5.54. The Kier molecular flexibility index (Phi) is 8.68. The minimum Gasteiger partial charge on any atom is -0.462 e. The smallest absolute Gasteiger partial charge is 0.351 e. The van der Waals surface area contributed by atoms with E-state index in [0.29, 0.717) is 28.9 Å². The first kappa shape index (κ1) is 26.7. The fourth-order valence-corrected chi connectivity index (χ4v) is 4.65. The zero-order valence-electron chi connectivity index (χ0n) is 21.0. The van der Waals surface area contributed by atoms with Crippen LogP contribution >= 0.6 is 11.3 Å². The van der Waals surface area contributed by atoms with Gasteiger partial charge in [-0.05, 0) is 46.1 Å². The molecule has 0 saturated carbocycles. The Balaban J connectivity index is 1.97. The first-order chi connectivity index (χ1) is 17.2. The molecule has 0 fully saturated rings. The van der Waals surface area contributed by atoms with Crippen LogP contribution in [0.15, 0.2) is 29.2 Å². The van der Waals surface area contributed by atoms with E-state index in [2.05, 4.69) is 10.3 Å². The number of carbonyl (C=O) groups is 2. The van der Waals surface area contributed by atoms with Crippen molar-refractivity contribution in [2.24, 2.45) is 0 Å². The number of nitrogens with zero attached hydrogens (tertiary/aromatic N) is 4. The third-order valence-corrected chi connectivity index (χ3v) is 6.67. The number of hydrogen-bond donors (Lipinski definition) is 2. The molecule has 190 valence electrons. The summed E-state index contributed by atoms with van der Waals surface area (Å²) < 4.78 is 6.93. The lowest BCUT2D eigenvalue weighted by Crippen LogP contribution is -2.33. The number of thiazole rings is 1. The molecule has 36 heavy (non-hydrogen) atoms. The molecule has 3 rings (SSSR count). The van der Waals surface area contributed by atoms with Crippen LogP contribution in [0.3, 0.4) is 0 Å². The molecule has 0 atom stereocenters. The van der Waals surface area contributed by atoms with Crippen LogP contribution < -0.4 is 20.1 Å². The summed E-state index contributed by atoms with van der Waals surface area (Å²) in [4.78, 5) is 44.9. The number of ether oxygens (including phenoxy) is 1. The number of aromatic nitrogens is 2. The van der Waals surface area contributed by atoms with Crippen molar-refractivity contribution < 1.29 is 14.3 Å². The highest BCUT2D eigenvalue weighted by molar-refractivity contribution is 7.07. The van der Waals surface area contributed by atoms with Crippen LogP contribution in [0.25, 0.3) is 22.7 Å². The number of rotatable bonds is 9. The summed E-state index contributed by atoms with van der Waals surface area (Å²) in [5, 5.41) is 13.4. The van der Waals surface area contributed by atoms with E-state index in [0.717, 1.165) is 28.8 Å². The molecule has 1 aromatic carbocycles. The number of nitrogens with one attached hydrogen (secondary N) is 2. The molecule has 3 aromatic rings. The standard InChI is InChI=1S/C25H30N6O4S/c1-6-31-23(33)21(36-24(31)18(13-26)25(34)35-7-2)15-27-16-8-9-20-17(12-16)19(14-28-20)22(32)30(5)11-10-29(3)4/h8-9,12,14-15,27-28H,6-7,10-11H2,1-5H3/b21-15+,24-18-. The van der Waals surface area contributed by atoms with Crippen molar-refractivity contribution in [3.63, 3.8) is 0 Å². The Morgan fingerprint density at radius 1 is 1.25 bits per heavy atom. The zero-order chi connectivity index (χ0) is 26.4. The third kappa shape index (κ3) is 5.67. The Hall–Kier alpha value is -3.88. The van der Waals surface area contributed by atoms with Gasteiger partial charge < -0.3 is 24.8 Å². The van der Waals surface area contributed by atoms with E-state index in [9.17, 15) is 19.6 Å². The van der Waals surface area contributed by atoms with E-state index in [1.807, 2.05) is 43.3 Å². The number of fused-ring (bicyclic) bond motifs is 1. The lowest BCUT2D eigenvalue weighted by atomic mass is 10.1. The second-order valence-corrected chi connectivity index (χ2v) is 9.34. The number of anilines is 1. The molecule has 11 heteroatoms. The summed E-state index contributed by atoms with van der Waals surface area (Å²) in [6.45, 7) is 5.20. The summed E-state index contributed by atoms with van der Waals surface area (Å²) in [7, 11) is 5.69. The van der Waals surface area contributed by atoms with Crippen LogP contribution in [0.2, 0.25) is 0 Å². The highest BCUT2D eigenvalue weighted by Gasteiger charge is 2.18. The normalized spacial score (nSPS) is 12.5. The van der Waals surface area contributed by atoms with Gasteiger partial charge in [-0.1, -0.05) is 0 Å². The highest BCUT2D eigenvalue weighted by atomic mass is 32.1. The van der Waals surface area contributed by atoms with Crippen LogP contribution in [0.4, 0.5) is 5.69 Å². The fourth-order valence-electron chi connectivity index (χ4n) is 3.57. The number of benzene rings is 1. The van der Waals surface area contributed by atoms with Gasteiger partial charge in [0.1, 0.15) is 15.3 Å². The van der Waals surface area contributed by atoms with Crippen LogP contribution in [-0.2, 0) is 16.1 Å². The Morgan fingerprint density at radius 2 is 2.00 bits per heavy atom. The van der Waals surface area contributed by atoms with Gasteiger partial charge >= 0.3 is 5.97 Å². The van der Waals surface area contributed by atoms with Gasteiger partial charge in [0, 0.05) is 55.7 Å². The lowest BCUT2D eigenvalue weighted by Gasteiger charge is -2.19. The number of esters is 1. The summed E-state index contributed by atoms with van der Waals surface area (Å²) >= 11 is 1.04. The minimum absolute atomic E-state index is 0.0866. The van der Waals surface area contributed by atoms with Gasteiger partial charge in [0.25, 0.3) is 11.5 Å². The van der Waals surface area contributed by atoms with Crippen molar-refractivity contribution in [2.45, 2.75) is 20.4 Å². The Labute approximate surface area is 212 Å². The van der Waals surface area contributed by atoms with Crippen molar-refractivity contribution in [3.05, 3.63) is 49.5 Å². The van der Waals surface area contributed by atoms with Gasteiger partial charge in [-0.25, -0.2) is 4.79 Å². The molecule has 2 N–H and O–H groups in total. The van der Waals surface area contributed by atoms with Crippen molar-refractivity contribution in [2.75, 3.05) is 46.2 Å². The zero-order valence-corrected chi connectivity index (χ0v) is 21.9. The number of nitriles is 1. The molecule has 0 bridgehead atoms. The molecular weight excluding hydrogens is 480 g/mol. The Bertz CT molecular complexity index is 1490. The van der Waals surface area contributed by atoms with E-state index in [4.69, 9.17) is 4.74 Å². The molecule has 0 saturated heterocycles. The fraction of sp³-hybridized carbons (Fsp3) is 0.360. The molecule has 0 spiro atoms. The monoisotopic (exact) mass is 510 g/mol. The molecule has 0 aliphatic carbocycles. The number of carbonyl (C=O) groups excluding carboxylic acids is 2. The van der Waals surface area contributed by atoms with Gasteiger partial charge in [-0.15, -0.1) is 11.3 Å². The predicted octanol–water partition coefficient (Wildman–Crippen LogP) is 1.13. The molecule has 2 heterocycles. The summed E-state index contributed by atoms with van der Waals surface area (Å²) in [5.41, 5.74) is 1.54. The van der Waals surface area contributed by atoms with Crippen LogP contribution in [0.1, 0.15) is 24.2 Å². The van der Waals surface area contributed by atoms with Gasteiger partial charge in [0.15, 0.2) is 5.57 Å². The van der Waals surface area contributed by atoms with Gasteiger partial charge in [-0.3, -0.25) is 14.2 Å². The summed E-state index contributed by atoms with van der Waals surface area (Å²) in [6, 6.07) is 7.39. The molecule has 0 unspecified atom stereocenters. The second-order valence-electron chi connectivity index (χ2n) is 8.31. The second kappa shape index (κ2) is 11.7. The van der Waals surface area contributed by atoms with Crippen LogP contribution in [0.5, 0.6) is 0 Å². The SMILES string of the molecule is CCOC(=O)/C(C#N)=c1\s/c(=C/Nc2ccc3[nH]cc(C(=O)N(C)CCN(C)C)c3c2)c(=O)n1CC. The number of amides is 1. The average Bonchev–Trinajstić information content (AvgIpc) is 3.41. The topological polar surface area (TPSA) is 123 Å². The van der Waals surface area contributed by atoms with E-state index < -0.39 is 5.97 Å². The molecule has 10 nitrogen and oxygen atoms in total. The average molecular weight is 511 g/mol. The maximum absolute atomic E-state index is 13.0. The van der Waals surface area contributed by atoms with Crippen molar-refractivity contribution in [1.29, 1.82) is 5.26 Å². The van der Waals surface area contributed by atoms with Crippen molar-refractivity contribution in [1.82, 2.24) is 19.4 Å². The first-order valence-electron chi connectivity index (χ1n) is 11.5. The predicted molar refractivity (Wildman–Crippen MR) is 141 cm³/mol. The van der Waals surface area contributed by atoms with E-state index in [1.165, 1.54) is 4.57 Å². The maximum Gasteiger partial charge on any atom is 0.351 e. The number of hydrogen-bond acceptors (Lipinski definition) is 8. The number of aromatic amines is 1. The molecule has 0 aliphatic heterocycles. The quantitative estimate of drug-likeness (QED) is 0.414.